The fourth-order valence-electron chi connectivity index (χ4n) is 1.83. The Morgan fingerprint density at radius 1 is 0.909 bits per heavy atom. The van der Waals surface area contributed by atoms with E-state index in [9.17, 15) is 0 Å². The minimum atomic E-state index is 0.487. The van der Waals surface area contributed by atoms with Crippen LogP contribution in [0.25, 0.3) is 0 Å². The first-order chi connectivity index (χ1) is 10.7. The maximum atomic E-state index is 5.22. The molecule has 0 radical (unpaired) electrons. The molecule has 0 saturated heterocycles. The highest BCUT2D eigenvalue weighted by molar-refractivity contribution is 7.80. The van der Waals surface area contributed by atoms with Gasteiger partial charge >= 0.3 is 0 Å². The lowest BCUT2D eigenvalue weighted by Crippen LogP contribution is -2.48. The Balaban J connectivity index is 2.28. The van der Waals surface area contributed by atoms with Crippen molar-refractivity contribution < 1.29 is 0 Å². The molecule has 0 aliphatic rings. The summed E-state index contributed by atoms with van der Waals surface area (Å²) in [4.78, 5) is 0. The van der Waals surface area contributed by atoms with E-state index in [0.717, 1.165) is 31.5 Å². The van der Waals surface area contributed by atoms with Crippen molar-refractivity contribution in [3.63, 3.8) is 0 Å². The Bertz CT molecular complexity index is 460. The van der Waals surface area contributed by atoms with E-state index in [2.05, 4.69) is 47.5 Å². The van der Waals surface area contributed by atoms with Gasteiger partial charge in [-0.2, -0.15) is 0 Å². The molecule has 6 heteroatoms. The summed E-state index contributed by atoms with van der Waals surface area (Å²) in [7, 11) is 0. The first kappa shape index (κ1) is 18.6. The largest absolute Gasteiger partial charge is 0.361 e. The predicted octanol–water partition coefficient (Wildman–Crippen LogP) is 3.49. The van der Waals surface area contributed by atoms with Gasteiger partial charge in [0.15, 0.2) is 10.2 Å². The molecule has 0 spiro atoms. The van der Waals surface area contributed by atoms with Crippen LogP contribution in [-0.4, -0.2) is 16.8 Å². The normalized spacial score (nSPS) is 9.91. The Labute approximate surface area is 144 Å². The van der Waals surface area contributed by atoms with Gasteiger partial charge in [0.2, 0.25) is 0 Å². The number of aryl methyl sites for hydroxylation is 1. The highest BCUT2D eigenvalue weighted by Crippen LogP contribution is 2.11. The molecule has 1 aromatic rings. The zero-order valence-corrected chi connectivity index (χ0v) is 15.0. The highest BCUT2D eigenvalue weighted by atomic mass is 32.1. The summed E-state index contributed by atoms with van der Waals surface area (Å²) in [5.41, 5.74) is 8.06. The first-order valence-electron chi connectivity index (χ1n) is 7.85. The maximum absolute atomic E-state index is 5.22. The van der Waals surface area contributed by atoms with Gasteiger partial charge in [-0.05, 0) is 61.4 Å². The van der Waals surface area contributed by atoms with Gasteiger partial charge in [-0.3, -0.25) is 10.9 Å². The average Bonchev–Trinajstić information content (AvgIpc) is 2.52. The fraction of sp³-hybridized carbons (Fsp3) is 0.500. The average molecular weight is 339 g/mol. The molecule has 0 aliphatic heterocycles. The Morgan fingerprint density at radius 2 is 1.55 bits per heavy atom. The summed E-state index contributed by atoms with van der Waals surface area (Å²) < 4.78 is 0. The number of rotatable bonds is 7. The van der Waals surface area contributed by atoms with Crippen LogP contribution in [0.3, 0.4) is 0 Å². The third kappa shape index (κ3) is 8.14. The molecule has 122 valence electrons. The quantitative estimate of drug-likeness (QED) is 0.347. The molecule has 4 N–H and O–H groups in total. The van der Waals surface area contributed by atoms with Gasteiger partial charge in [-0.15, -0.1) is 0 Å². The second-order valence-corrected chi connectivity index (χ2v) is 5.93. The van der Waals surface area contributed by atoms with E-state index in [4.69, 9.17) is 24.4 Å². The summed E-state index contributed by atoms with van der Waals surface area (Å²) in [5, 5.41) is 7.25. The van der Waals surface area contributed by atoms with Gasteiger partial charge in [-0.25, -0.2) is 0 Å². The third-order valence-electron chi connectivity index (χ3n) is 3.14. The number of unbranched alkanes of at least 4 members (excludes halogenated alkanes) is 2. The van der Waals surface area contributed by atoms with Crippen molar-refractivity contribution in [2.24, 2.45) is 0 Å². The van der Waals surface area contributed by atoms with Crippen LogP contribution in [0.5, 0.6) is 0 Å². The summed E-state index contributed by atoms with van der Waals surface area (Å²) in [6, 6.07) is 8.34. The smallest absolute Gasteiger partial charge is 0.189 e. The van der Waals surface area contributed by atoms with Gasteiger partial charge in [0.1, 0.15) is 0 Å². The van der Waals surface area contributed by atoms with Crippen molar-refractivity contribution >= 4 is 40.3 Å². The number of hydrogen-bond donors (Lipinski definition) is 4. The van der Waals surface area contributed by atoms with Gasteiger partial charge in [0, 0.05) is 12.2 Å². The lowest BCUT2D eigenvalue weighted by Gasteiger charge is -2.14. The van der Waals surface area contributed by atoms with Crippen molar-refractivity contribution in [2.45, 2.75) is 46.0 Å². The monoisotopic (exact) mass is 338 g/mol. The molecule has 0 unspecified atom stereocenters. The van der Waals surface area contributed by atoms with Crippen LogP contribution in [0.1, 0.15) is 45.1 Å². The van der Waals surface area contributed by atoms with Crippen molar-refractivity contribution in [2.75, 3.05) is 11.9 Å². The molecule has 22 heavy (non-hydrogen) atoms. The van der Waals surface area contributed by atoms with E-state index in [-0.39, 0.29) is 0 Å². The molecule has 1 aromatic carbocycles. The molecular formula is C16H26N4S2. The Morgan fingerprint density at radius 3 is 2.18 bits per heavy atom. The van der Waals surface area contributed by atoms with E-state index in [1.807, 2.05) is 12.1 Å². The van der Waals surface area contributed by atoms with E-state index in [1.165, 1.54) is 18.4 Å². The van der Waals surface area contributed by atoms with E-state index in [1.54, 1.807) is 0 Å². The van der Waals surface area contributed by atoms with Crippen molar-refractivity contribution in [3.8, 4) is 0 Å². The van der Waals surface area contributed by atoms with E-state index in [0.29, 0.717) is 10.2 Å². The van der Waals surface area contributed by atoms with E-state index < -0.39 is 0 Å². The van der Waals surface area contributed by atoms with Crippen LogP contribution in [0.15, 0.2) is 24.3 Å². The van der Waals surface area contributed by atoms with Crippen molar-refractivity contribution in [1.82, 2.24) is 16.2 Å². The summed E-state index contributed by atoms with van der Waals surface area (Å²) in [5.74, 6) is 0. The van der Waals surface area contributed by atoms with Crippen LogP contribution >= 0.6 is 24.4 Å². The molecule has 0 bridgehead atoms. The summed E-state index contributed by atoms with van der Waals surface area (Å²) in [6.07, 6.45) is 5.79. The summed E-state index contributed by atoms with van der Waals surface area (Å²) in [6.45, 7) is 5.21. The second-order valence-electron chi connectivity index (χ2n) is 5.11. The third-order valence-corrected chi connectivity index (χ3v) is 3.59. The number of nitrogens with one attached hydrogen (secondary N) is 4. The minimum absolute atomic E-state index is 0.487. The molecule has 0 aliphatic carbocycles. The van der Waals surface area contributed by atoms with E-state index >= 15 is 0 Å². The Hall–Kier alpha value is -1.40. The van der Waals surface area contributed by atoms with Gasteiger partial charge in [0.05, 0.1) is 0 Å². The lowest BCUT2D eigenvalue weighted by atomic mass is 10.1. The van der Waals surface area contributed by atoms with Crippen LogP contribution in [0.2, 0.25) is 0 Å². The van der Waals surface area contributed by atoms with Gasteiger partial charge in [0.25, 0.3) is 0 Å². The van der Waals surface area contributed by atoms with Crippen LogP contribution in [0, 0.1) is 0 Å². The molecule has 4 nitrogen and oxygen atoms in total. The first-order valence-corrected chi connectivity index (χ1v) is 8.67. The fourth-order valence-corrected chi connectivity index (χ4v) is 2.16. The zero-order valence-electron chi connectivity index (χ0n) is 13.4. The highest BCUT2D eigenvalue weighted by Gasteiger charge is 1.99. The molecule has 0 fully saturated rings. The van der Waals surface area contributed by atoms with Crippen molar-refractivity contribution in [1.29, 1.82) is 0 Å². The molecule has 0 heterocycles. The van der Waals surface area contributed by atoms with Crippen LogP contribution in [-0.2, 0) is 6.42 Å². The number of hydrogen-bond acceptors (Lipinski definition) is 2. The maximum Gasteiger partial charge on any atom is 0.189 e. The topological polar surface area (TPSA) is 48.1 Å². The lowest BCUT2D eigenvalue weighted by molar-refractivity contribution is 0.732. The number of benzene rings is 1. The van der Waals surface area contributed by atoms with Crippen molar-refractivity contribution in [3.05, 3.63) is 29.8 Å². The molecule has 0 aromatic heterocycles. The second kappa shape index (κ2) is 11.2. The van der Waals surface area contributed by atoms with Gasteiger partial charge in [-0.1, -0.05) is 38.8 Å². The minimum Gasteiger partial charge on any atom is -0.361 e. The summed E-state index contributed by atoms with van der Waals surface area (Å²) >= 11 is 10.4. The number of thiocarbonyl (C=S) groups is 2. The standard InChI is InChI=1S/C16H26N4S2/c1-3-5-7-13-8-10-14(11-9-13)18-16(22)20-19-15(21)17-12-6-4-2/h8-11H,3-7,12H2,1-2H3,(H2,17,19,21)(H2,18,20,22). The van der Waals surface area contributed by atoms with Gasteiger partial charge < -0.3 is 10.6 Å². The zero-order chi connectivity index (χ0) is 16.2. The molecule has 0 amide bonds. The number of anilines is 1. The van der Waals surface area contributed by atoms with Crippen LogP contribution in [0.4, 0.5) is 5.69 Å². The number of hydrazine groups is 1. The molecule has 0 saturated carbocycles. The molecule has 1 rings (SSSR count). The predicted molar refractivity (Wildman–Crippen MR) is 103 cm³/mol. The molecular weight excluding hydrogens is 312 g/mol. The van der Waals surface area contributed by atoms with Crippen LogP contribution < -0.4 is 21.5 Å². The molecule has 0 atom stereocenters. The SMILES string of the molecule is CCCCNC(=S)NNC(=S)Nc1ccc(CCCC)cc1. The Kier molecular flexibility index (Phi) is 9.50.